The Hall–Kier alpha value is -1.10. The molecule has 4 aliphatic rings. The van der Waals surface area contributed by atoms with Crippen molar-refractivity contribution in [1.29, 1.82) is 0 Å². The Balaban J connectivity index is 1.33. The molecular weight excluding hydrogens is 362 g/mol. The van der Waals surface area contributed by atoms with Crippen molar-refractivity contribution in [1.82, 2.24) is 15.5 Å². The van der Waals surface area contributed by atoms with Crippen molar-refractivity contribution in [3.05, 3.63) is 34.9 Å². The Labute approximate surface area is 164 Å². The zero-order valence-electron chi connectivity index (χ0n) is 15.7. The first-order chi connectivity index (χ1) is 13.6. The molecule has 154 valence electrons. The number of aryl methyl sites for hydroxylation is 2. The molecule has 1 aliphatic carbocycles. The van der Waals surface area contributed by atoms with Gasteiger partial charge in [-0.05, 0) is 36.0 Å². The van der Waals surface area contributed by atoms with Crippen molar-refractivity contribution in [3.8, 4) is 0 Å². The van der Waals surface area contributed by atoms with Gasteiger partial charge in [0.1, 0.15) is 30.6 Å². The SMILES string of the molecule is OCC1NCNC2C1CCN2[C@@H]1O[C@H]([C@H](O)c2ccc3c(c2)CC3)[C@@H](O)[C@H]1O. The fourth-order valence-corrected chi connectivity index (χ4v) is 5.27. The van der Waals surface area contributed by atoms with Gasteiger partial charge in [0.2, 0.25) is 0 Å². The minimum absolute atomic E-state index is 0.00332. The van der Waals surface area contributed by atoms with Gasteiger partial charge < -0.3 is 25.2 Å². The van der Waals surface area contributed by atoms with E-state index in [9.17, 15) is 20.4 Å². The van der Waals surface area contributed by atoms with Crippen LogP contribution >= 0.6 is 0 Å². The predicted molar refractivity (Wildman–Crippen MR) is 100 cm³/mol. The number of aliphatic hydroxyl groups is 4. The van der Waals surface area contributed by atoms with Crippen LogP contribution in [0.3, 0.4) is 0 Å². The first-order valence-electron chi connectivity index (χ1n) is 10.2. The van der Waals surface area contributed by atoms with Crippen LogP contribution in [0, 0.1) is 5.92 Å². The number of rotatable bonds is 4. The predicted octanol–water partition coefficient (Wildman–Crippen LogP) is -1.58. The number of fused-ring (bicyclic) bond motifs is 2. The summed E-state index contributed by atoms with van der Waals surface area (Å²) in [5, 5.41) is 48.4. The second-order valence-corrected chi connectivity index (χ2v) is 8.45. The molecular formula is C20H29N3O5. The van der Waals surface area contributed by atoms with Gasteiger partial charge in [0.15, 0.2) is 0 Å². The Morgan fingerprint density at radius 1 is 1.14 bits per heavy atom. The smallest absolute Gasteiger partial charge is 0.141 e. The van der Waals surface area contributed by atoms with E-state index in [0.29, 0.717) is 13.2 Å². The van der Waals surface area contributed by atoms with Gasteiger partial charge in [-0.3, -0.25) is 15.5 Å². The average Bonchev–Trinajstić information content (AvgIpc) is 3.24. The second-order valence-electron chi connectivity index (χ2n) is 8.45. The molecule has 5 rings (SSSR count). The molecule has 28 heavy (non-hydrogen) atoms. The lowest BCUT2D eigenvalue weighted by atomic mass is 9.85. The molecule has 8 atom stereocenters. The Kier molecular flexibility index (Phi) is 4.93. The second kappa shape index (κ2) is 7.30. The maximum absolute atomic E-state index is 10.8. The van der Waals surface area contributed by atoms with E-state index in [2.05, 4.69) is 10.6 Å². The summed E-state index contributed by atoms with van der Waals surface area (Å²) < 4.78 is 6.05. The molecule has 0 bridgehead atoms. The van der Waals surface area contributed by atoms with Crippen molar-refractivity contribution in [2.24, 2.45) is 5.92 Å². The molecule has 3 fully saturated rings. The van der Waals surface area contributed by atoms with Gasteiger partial charge in [0.25, 0.3) is 0 Å². The van der Waals surface area contributed by atoms with E-state index in [-0.39, 0.29) is 24.7 Å². The molecule has 3 saturated heterocycles. The highest BCUT2D eigenvalue weighted by molar-refractivity contribution is 5.39. The first kappa shape index (κ1) is 18.9. The molecule has 3 aliphatic heterocycles. The third kappa shape index (κ3) is 2.91. The molecule has 6 N–H and O–H groups in total. The number of benzene rings is 1. The molecule has 8 heteroatoms. The van der Waals surface area contributed by atoms with Crippen LogP contribution in [0.2, 0.25) is 0 Å². The summed E-state index contributed by atoms with van der Waals surface area (Å²) in [6.45, 7) is 1.32. The fraction of sp³-hybridized carbons (Fsp3) is 0.700. The molecule has 0 aromatic heterocycles. The summed E-state index contributed by atoms with van der Waals surface area (Å²) in [6.07, 6.45) is -1.94. The summed E-state index contributed by atoms with van der Waals surface area (Å²) >= 11 is 0. The van der Waals surface area contributed by atoms with Crippen LogP contribution in [0.5, 0.6) is 0 Å². The minimum Gasteiger partial charge on any atom is -0.395 e. The Bertz CT molecular complexity index is 734. The van der Waals surface area contributed by atoms with Gasteiger partial charge in [0, 0.05) is 25.2 Å². The molecule has 3 heterocycles. The summed E-state index contributed by atoms with van der Waals surface area (Å²) in [5.74, 6) is 0.198. The number of nitrogens with one attached hydrogen (secondary N) is 2. The van der Waals surface area contributed by atoms with Crippen molar-refractivity contribution in [2.45, 2.75) is 62.1 Å². The van der Waals surface area contributed by atoms with Crippen LogP contribution < -0.4 is 10.6 Å². The maximum atomic E-state index is 10.8. The first-order valence-corrected chi connectivity index (χ1v) is 10.2. The van der Waals surface area contributed by atoms with Crippen LogP contribution in [0.25, 0.3) is 0 Å². The number of hydrogen-bond acceptors (Lipinski definition) is 8. The van der Waals surface area contributed by atoms with E-state index >= 15 is 0 Å². The van der Waals surface area contributed by atoms with Crippen LogP contribution in [0.1, 0.15) is 29.2 Å². The number of nitrogens with zero attached hydrogens (tertiary/aromatic N) is 1. The molecule has 0 saturated carbocycles. The average molecular weight is 391 g/mol. The van der Waals surface area contributed by atoms with Crippen LogP contribution in [-0.4, -0.2) is 81.9 Å². The lowest BCUT2D eigenvalue weighted by molar-refractivity contribution is -0.128. The quantitative estimate of drug-likeness (QED) is 0.364. The lowest BCUT2D eigenvalue weighted by Gasteiger charge is -2.40. The van der Waals surface area contributed by atoms with Gasteiger partial charge >= 0.3 is 0 Å². The van der Waals surface area contributed by atoms with E-state index in [4.69, 9.17) is 4.74 Å². The summed E-state index contributed by atoms with van der Waals surface area (Å²) in [6, 6.07) is 5.88. The van der Waals surface area contributed by atoms with E-state index in [1.165, 1.54) is 11.1 Å². The third-order valence-corrected chi connectivity index (χ3v) is 7.02. The molecule has 0 radical (unpaired) electrons. The molecule has 1 aromatic rings. The number of hydrogen-bond donors (Lipinski definition) is 6. The number of ether oxygens (including phenoxy) is 1. The molecule has 0 spiro atoms. The van der Waals surface area contributed by atoms with Crippen LogP contribution in [0.15, 0.2) is 18.2 Å². The third-order valence-electron chi connectivity index (χ3n) is 7.02. The van der Waals surface area contributed by atoms with Gasteiger partial charge in [0.05, 0.1) is 12.8 Å². The van der Waals surface area contributed by atoms with E-state index in [1.54, 1.807) is 0 Å². The van der Waals surface area contributed by atoms with E-state index in [0.717, 1.165) is 24.8 Å². The summed E-state index contributed by atoms with van der Waals surface area (Å²) in [7, 11) is 0. The molecule has 8 nitrogen and oxygen atoms in total. The molecule has 1 aromatic carbocycles. The van der Waals surface area contributed by atoms with E-state index in [1.807, 2.05) is 23.1 Å². The lowest BCUT2D eigenvalue weighted by Crippen LogP contribution is -2.63. The highest BCUT2D eigenvalue weighted by Gasteiger charge is 2.53. The topological polar surface area (TPSA) is 117 Å². The molecule has 0 amide bonds. The highest BCUT2D eigenvalue weighted by atomic mass is 16.6. The normalized spacial score (nSPS) is 41.4. The zero-order chi connectivity index (χ0) is 19.4. The van der Waals surface area contributed by atoms with Crippen LogP contribution in [-0.2, 0) is 17.6 Å². The highest BCUT2D eigenvalue weighted by Crippen LogP contribution is 2.38. The maximum Gasteiger partial charge on any atom is 0.141 e. The van der Waals surface area contributed by atoms with Gasteiger partial charge in [-0.25, -0.2) is 0 Å². The number of aliphatic hydroxyl groups excluding tert-OH is 4. The molecule has 3 unspecified atom stereocenters. The summed E-state index contributed by atoms with van der Waals surface area (Å²) in [5.41, 5.74) is 3.26. The van der Waals surface area contributed by atoms with Crippen LogP contribution in [0.4, 0.5) is 0 Å². The van der Waals surface area contributed by atoms with Crippen molar-refractivity contribution >= 4 is 0 Å². The Morgan fingerprint density at radius 2 is 1.96 bits per heavy atom. The van der Waals surface area contributed by atoms with Gasteiger partial charge in [-0.1, -0.05) is 18.2 Å². The number of likely N-dealkylation sites (tertiary alicyclic amines) is 1. The largest absolute Gasteiger partial charge is 0.395 e. The van der Waals surface area contributed by atoms with E-state index < -0.39 is 30.6 Å². The fourth-order valence-electron chi connectivity index (χ4n) is 5.27. The van der Waals surface area contributed by atoms with Crippen molar-refractivity contribution in [2.75, 3.05) is 19.8 Å². The zero-order valence-corrected chi connectivity index (χ0v) is 15.7. The monoisotopic (exact) mass is 391 g/mol. The van der Waals surface area contributed by atoms with Gasteiger partial charge in [-0.15, -0.1) is 0 Å². The van der Waals surface area contributed by atoms with Crippen molar-refractivity contribution in [3.63, 3.8) is 0 Å². The van der Waals surface area contributed by atoms with Crippen molar-refractivity contribution < 1.29 is 25.2 Å². The Morgan fingerprint density at radius 3 is 2.68 bits per heavy atom. The van der Waals surface area contributed by atoms with Gasteiger partial charge in [-0.2, -0.15) is 0 Å². The minimum atomic E-state index is -1.17. The standard InChI is InChI=1S/C20H29N3O5/c24-8-14-13-5-6-23(19(13)22-9-21-14)20-17(27)16(26)18(28-20)15(25)12-4-2-10-1-3-11(10)7-12/h2,4,7,13-22,24-27H,1,3,5-6,8-9H2/t13?,14?,15-,16+,17-,18-,19?,20-/m1/s1. The summed E-state index contributed by atoms with van der Waals surface area (Å²) in [4.78, 5) is 2.02.